The maximum atomic E-state index is 11.8. The number of nitrogens with one attached hydrogen (secondary N) is 2. The average molecular weight is 235 g/mol. The lowest BCUT2D eigenvalue weighted by atomic mass is 10.2. The number of aromatic nitrogens is 1. The first kappa shape index (κ1) is 11.9. The molecule has 1 aliphatic rings. The minimum absolute atomic E-state index is 0.146. The van der Waals surface area contributed by atoms with Gasteiger partial charge in [-0.3, -0.25) is 4.79 Å². The van der Waals surface area contributed by atoms with Gasteiger partial charge in [0.1, 0.15) is 5.56 Å². The lowest BCUT2D eigenvalue weighted by molar-refractivity contribution is 0.0950. The SMILES string of the molecule is COc1ncccc1C(=O)NCCNC1CC1. The lowest BCUT2D eigenvalue weighted by Gasteiger charge is -2.08. The second-order valence-electron chi connectivity index (χ2n) is 4.04. The van der Waals surface area contributed by atoms with Crippen LogP contribution in [-0.4, -0.2) is 37.1 Å². The van der Waals surface area contributed by atoms with Crippen molar-refractivity contribution in [3.63, 3.8) is 0 Å². The van der Waals surface area contributed by atoms with Gasteiger partial charge in [0.25, 0.3) is 5.91 Å². The monoisotopic (exact) mass is 235 g/mol. The summed E-state index contributed by atoms with van der Waals surface area (Å²) in [6.07, 6.45) is 4.11. The first-order chi connectivity index (χ1) is 8.31. The van der Waals surface area contributed by atoms with E-state index in [1.807, 2.05) is 0 Å². The number of nitrogens with zero attached hydrogens (tertiary/aromatic N) is 1. The number of amides is 1. The molecule has 2 rings (SSSR count). The summed E-state index contributed by atoms with van der Waals surface area (Å²) in [4.78, 5) is 15.8. The molecular formula is C12H17N3O2. The largest absolute Gasteiger partial charge is 0.480 e. The molecule has 0 unspecified atom stereocenters. The Hall–Kier alpha value is -1.62. The highest BCUT2D eigenvalue weighted by atomic mass is 16.5. The van der Waals surface area contributed by atoms with Crippen LogP contribution in [0.4, 0.5) is 0 Å². The maximum Gasteiger partial charge on any atom is 0.256 e. The van der Waals surface area contributed by atoms with E-state index in [0.717, 1.165) is 6.54 Å². The zero-order valence-corrected chi connectivity index (χ0v) is 9.90. The predicted molar refractivity (Wildman–Crippen MR) is 64.1 cm³/mol. The number of hydrogen-bond donors (Lipinski definition) is 2. The molecule has 0 saturated heterocycles. The van der Waals surface area contributed by atoms with Crippen molar-refractivity contribution in [3.05, 3.63) is 23.9 Å². The third-order valence-corrected chi connectivity index (χ3v) is 2.63. The van der Waals surface area contributed by atoms with E-state index < -0.39 is 0 Å². The van der Waals surface area contributed by atoms with Gasteiger partial charge >= 0.3 is 0 Å². The van der Waals surface area contributed by atoms with Gasteiger partial charge in [-0.25, -0.2) is 4.98 Å². The number of methoxy groups -OCH3 is 1. The molecule has 2 N–H and O–H groups in total. The first-order valence-corrected chi connectivity index (χ1v) is 5.82. The van der Waals surface area contributed by atoms with E-state index >= 15 is 0 Å². The summed E-state index contributed by atoms with van der Waals surface area (Å²) < 4.78 is 5.03. The van der Waals surface area contributed by atoms with Crippen LogP contribution in [0.15, 0.2) is 18.3 Å². The van der Waals surface area contributed by atoms with Crippen molar-refractivity contribution in [2.45, 2.75) is 18.9 Å². The molecule has 0 spiro atoms. The molecule has 17 heavy (non-hydrogen) atoms. The molecule has 1 aromatic rings. The fourth-order valence-electron chi connectivity index (χ4n) is 1.56. The Balaban J connectivity index is 1.80. The summed E-state index contributed by atoms with van der Waals surface area (Å²) in [7, 11) is 1.51. The fraction of sp³-hybridized carbons (Fsp3) is 0.500. The van der Waals surface area contributed by atoms with Crippen LogP contribution in [-0.2, 0) is 0 Å². The van der Waals surface area contributed by atoms with Gasteiger partial charge in [-0.2, -0.15) is 0 Å². The minimum Gasteiger partial charge on any atom is -0.480 e. The number of hydrogen-bond acceptors (Lipinski definition) is 4. The third kappa shape index (κ3) is 3.42. The standard InChI is InChI=1S/C12H17N3O2/c1-17-12-10(3-2-6-15-12)11(16)14-8-7-13-9-4-5-9/h2-3,6,9,13H,4-5,7-8H2,1H3,(H,14,16). The van der Waals surface area contributed by atoms with E-state index in [1.54, 1.807) is 18.3 Å². The van der Waals surface area contributed by atoms with E-state index in [9.17, 15) is 4.79 Å². The second-order valence-corrected chi connectivity index (χ2v) is 4.04. The van der Waals surface area contributed by atoms with Crippen molar-refractivity contribution in [2.24, 2.45) is 0 Å². The first-order valence-electron chi connectivity index (χ1n) is 5.82. The van der Waals surface area contributed by atoms with E-state index in [4.69, 9.17) is 4.74 Å². The zero-order chi connectivity index (χ0) is 12.1. The molecule has 92 valence electrons. The Labute approximate surface area is 101 Å². The summed E-state index contributed by atoms with van der Waals surface area (Å²) in [6.45, 7) is 1.42. The van der Waals surface area contributed by atoms with Gasteiger partial charge in [-0.05, 0) is 25.0 Å². The lowest BCUT2D eigenvalue weighted by Crippen LogP contribution is -2.32. The van der Waals surface area contributed by atoms with Crippen molar-refractivity contribution in [3.8, 4) is 5.88 Å². The van der Waals surface area contributed by atoms with Gasteiger partial charge < -0.3 is 15.4 Å². The molecule has 0 aliphatic heterocycles. The summed E-state index contributed by atoms with van der Waals surface area (Å²) >= 11 is 0. The van der Waals surface area contributed by atoms with Crippen LogP contribution in [0.5, 0.6) is 5.88 Å². The second kappa shape index (κ2) is 5.63. The highest BCUT2D eigenvalue weighted by Gasteiger charge is 2.19. The number of carbonyl (C=O) groups is 1. The normalized spacial score (nSPS) is 14.4. The summed E-state index contributed by atoms with van der Waals surface area (Å²) in [5.74, 6) is 0.215. The van der Waals surface area contributed by atoms with Gasteiger partial charge in [0.2, 0.25) is 5.88 Å². The molecule has 0 atom stereocenters. The van der Waals surface area contributed by atoms with Crippen molar-refractivity contribution >= 4 is 5.91 Å². The van der Waals surface area contributed by atoms with Crippen LogP contribution in [0.1, 0.15) is 23.2 Å². The fourth-order valence-corrected chi connectivity index (χ4v) is 1.56. The molecule has 1 amide bonds. The van der Waals surface area contributed by atoms with Crippen LogP contribution in [0, 0.1) is 0 Å². The highest BCUT2D eigenvalue weighted by Crippen LogP contribution is 2.17. The highest BCUT2D eigenvalue weighted by molar-refractivity contribution is 5.96. The molecule has 1 fully saturated rings. The molecular weight excluding hydrogens is 218 g/mol. The molecule has 1 aliphatic carbocycles. The molecule has 1 heterocycles. The Morgan fingerprint density at radius 2 is 2.35 bits per heavy atom. The number of carbonyl (C=O) groups excluding carboxylic acids is 1. The van der Waals surface area contributed by atoms with Crippen LogP contribution in [0.25, 0.3) is 0 Å². The molecule has 0 aromatic carbocycles. The Kier molecular flexibility index (Phi) is 3.93. The van der Waals surface area contributed by atoms with Gasteiger partial charge in [-0.1, -0.05) is 0 Å². The van der Waals surface area contributed by atoms with Gasteiger partial charge in [0.15, 0.2) is 0 Å². The number of pyridine rings is 1. The van der Waals surface area contributed by atoms with Crippen LogP contribution in [0.3, 0.4) is 0 Å². The van der Waals surface area contributed by atoms with Crippen LogP contribution >= 0.6 is 0 Å². The molecule has 0 bridgehead atoms. The van der Waals surface area contributed by atoms with Crippen molar-refractivity contribution < 1.29 is 9.53 Å². The summed E-state index contributed by atoms with van der Waals surface area (Å²) in [5, 5.41) is 6.17. The Morgan fingerprint density at radius 3 is 3.06 bits per heavy atom. The number of rotatable bonds is 6. The van der Waals surface area contributed by atoms with Crippen molar-refractivity contribution in [2.75, 3.05) is 20.2 Å². The molecule has 0 radical (unpaired) electrons. The van der Waals surface area contributed by atoms with Crippen LogP contribution in [0.2, 0.25) is 0 Å². The molecule has 1 saturated carbocycles. The average Bonchev–Trinajstić information content (AvgIpc) is 3.18. The van der Waals surface area contributed by atoms with Crippen LogP contribution < -0.4 is 15.4 Å². The van der Waals surface area contributed by atoms with E-state index in [2.05, 4.69) is 15.6 Å². The minimum atomic E-state index is -0.146. The van der Waals surface area contributed by atoms with E-state index in [0.29, 0.717) is 24.0 Å². The molecule has 5 heteroatoms. The topological polar surface area (TPSA) is 63.2 Å². The zero-order valence-electron chi connectivity index (χ0n) is 9.90. The Bertz CT molecular complexity index is 391. The van der Waals surface area contributed by atoms with E-state index in [-0.39, 0.29) is 5.91 Å². The summed E-state index contributed by atoms with van der Waals surface area (Å²) in [5.41, 5.74) is 0.474. The quantitative estimate of drug-likeness (QED) is 0.708. The summed E-state index contributed by atoms with van der Waals surface area (Å²) in [6, 6.07) is 4.09. The third-order valence-electron chi connectivity index (χ3n) is 2.63. The Morgan fingerprint density at radius 1 is 1.53 bits per heavy atom. The predicted octanol–water partition coefficient (Wildman–Crippen LogP) is 0.572. The maximum absolute atomic E-state index is 11.8. The smallest absolute Gasteiger partial charge is 0.256 e. The van der Waals surface area contributed by atoms with Gasteiger partial charge in [0.05, 0.1) is 7.11 Å². The van der Waals surface area contributed by atoms with Crippen molar-refractivity contribution in [1.82, 2.24) is 15.6 Å². The van der Waals surface area contributed by atoms with E-state index in [1.165, 1.54) is 20.0 Å². The molecule has 5 nitrogen and oxygen atoms in total. The van der Waals surface area contributed by atoms with Gasteiger partial charge in [-0.15, -0.1) is 0 Å². The number of ether oxygens (including phenoxy) is 1. The van der Waals surface area contributed by atoms with Crippen molar-refractivity contribution in [1.29, 1.82) is 0 Å². The molecule has 1 aromatic heterocycles. The van der Waals surface area contributed by atoms with Gasteiger partial charge in [0, 0.05) is 25.3 Å².